The summed E-state index contributed by atoms with van der Waals surface area (Å²) in [5.41, 5.74) is 4.37. The third-order valence-corrected chi connectivity index (χ3v) is 5.37. The smallest absolute Gasteiger partial charge is 0.238 e. The third kappa shape index (κ3) is 4.30. The minimum atomic E-state index is 0.0336. The zero-order valence-electron chi connectivity index (χ0n) is 16.7. The Bertz CT molecular complexity index is 845. The molecule has 1 N–H and O–H groups in total. The molecule has 28 heavy (non-hydrogen) atoms. The monoisotopic (exact) mass is 380 g/mol. The number of likely N-dealkylation sites (tertiary alicyclic amines) is 1. The lowest BCUT2D eigenvalue weighted by Crippen LogP contribution is -2.33. The topological polar surface area (TPSA) is 50.8 Å². The van der Waals surface area contributed by atoms with E-state index in [1.54, 1.807) is 0 Å². The average Bonchev–Trinajstić information content (AvgIpc) is 2.96. The van der Waals surface area contributed by atoms with Crippen molar-refractivity contribution in [3.8, 4) is 11.5 Å². The van der Waals surface area contributed by atoms with Crippen molar-refractivity contribution in [3.63, 3.8) is 0 Å². The van der Waals surface area contributed by atoms with Crippen LogP contribution in [0.2, 0.25) is 0 Å². The van der Waals surface area contributed by atoms with Crippen molar-refractivity contribution in [2.75, 3.05) is 31.6 Å². The first kappa shape index (κ1) is 18.8. The van der Waals surface area contributed by atoms with E-state index in [2.05, 4.69) is 28.4 Å². The second kappa shape index (κ2) is 8.23. The molecule has 0 radical (unpaired) electrons. The molecule has 1 atom stereocenters. The molecule has 5 heteroatoms. The number of carbonyl (C=O) groups excluding carboxylic acids is 1. The molecule has 148 valence electrons. The SMILES string of the molecule is Cc1cc(C)cc(NC(=O)CN2CCC[C@H]2c2ccc3c(c2)OCCCO3)c1. The van der Waals surface area contributed by atoms with Crippen LogP contribution >= 0.6 is 0 Å². The van der Waals surface area contributed by atoms with Gasteiger partial charge in [-0.3, -0.25) is 9.69 Å². The molecule has 5 nitrogen and oxygen atoms in total. The van der Waals surface area contributed by atoms with Crippen LogP contribution in [0.15, 0.2) is 36.4 Å². The van der Waals surface area contributed by atoms with Gasteiger partial charge in [-0.05, 0) is 74.2 Å². The van der Waals surface area contributed by atoms with Crippen LogP contribution in [0.1, 0.15) is 42.0 Å². The molecular weight excluding hydrogens is 352 g/mol. The Hall–Kier alpha value is -2.53. The molecule has 2 aliphatic heterocycles. The summed E-state index contributed by atoms with van der Waals surface area (Å²) in [5.74, 6) is 1.67. The van der Waals surface area contributed by atoms with Gasteiger partial charge in [0, 0.05) is 18.2 Å². The highest BCUT2D eigenvalue weighted by molar-refractivity contribution is 5.92. The van der Waals surface area contributed by atoms with Gasteiger partial charge >= 0.3 is 0 Å². The van der Waals surface area contributed by atoms with Crippen LogP contribution in [-0.2, 0) is 4.79 Å². The number of hydrogen-bond acceptors (Lipinski definition) is 4. The van der Waals surface area contributed by atoms with Crippen LogP contribution in [0, 0.1) is 13.8 Å². The summed E-state index contributed by atoms with van der Waals surface area (Å²) in [6, 6.07) is 12.6. The van der Waals surface area contributed by atoms with Crippen LogP contribution in [-0.4, -0.2) is 37.1 Å². The van der Waals surface area contributed by atoms with Gasteiger partial charge in [0.2, 0.25) is 5.91 Å². The molecule has 4 rings (SSSR count). The van der Waals surface area contributed by atoms with E-state index >= 15 is 0 Å². The number of fused-ring (bicyclic) bond motifs is 1. The lowest BCUT2D eigenvalue weighted by Gasteiger charge is -2.25. The van der Waals surface area contributed by atoms with Crippen LogP contribution < -0.4 is 14.8 Å². The van der Waals surface area contributed by atoms with Gasteiger partial charge in [-0.1, -0.05) is 12.1 Å². The Morgan fingerprint density at radius 2 is 1.79 bits per heavy atom. The fraction of sp³-hybridized carbons (Fsp3) is 0.435. The number of anilines is 1. The molecule has 2 heterocycles. The summed E-state index contributed by atoms with van der Waals surface area (Å²) in [6.07, 6.45) is 3.05. The molecule has 0 aliphatic carbocycles. The second-order valence-corrected chi connectivity index (χ2v) is 7.81. The van der Waals surface area contributed by atoms with E-state index in [4.69, 9.17) is 9.47 Å². The van der Waals surface area contributed by atoms with Crippen LogP contribution in [0.25, 0.3) is 0 Å². The number of rotatable bonds is 4. The van der Waals surface area contributed by atoms with E-state index in [1.165, 1.54) is 5.56 Å². The van der Waals surface area contributed by atoms with Crippen molar-refractivity contribution >= 4 is 11.6 Å². The largest absolute Gasteiger partial charge is 0.490 e. The molecule has 2 aliphatic rings. The molecule has 0 saturated carbocycles. The standard InChI is InChI=1S/C23H28N2O3/c1-16-11-17(2)13-19(12-16)24-23(26)15-25-8-3-5-20(25)18-6-7-21-22(14-18)28-10-4-9-27-21/h6-7,11-14,20H,3-5,8-10,15H2,1-2H3,(H,24,26)/t20-/m0/s1. The number of hydrogen-bond donors (Lipinski definition) is 1. The van der Waals surface area contributed by atoms with Gasteiger partial charge in [-0.2, -0.15) is 0 Å². The van der Waals surface area contributed by atoms with Gasteiger partial charge in [0.15, 0.2) is 11.5 Å². The Balaban J connectivity index is 1.45. The van der Waals surface area contributed by atoms with E-state index in [9.17, 15) is 4.79 Å². The van der Waals surface area contributed by atoms with Gasteiger partial charge in [0.25, 0.3) is 0 Å². The lowest BCUT2D eigenvalue weighted by atomic mass is 10.0. The summed E-state index contributed by atoms with van der Waals surface area (Å²) in [5, 5.41) is 3.06. The first-order valence-electron chi connectivity index (χ1n) is 10.1. The van der Waals surface area contributed by atoms with Crippen LogP contribution in [0.5, 0.6) is 11.5 Å². The molecule has 0 unspecified atom stereocenters. The summed E-state index contributed by atoms with van der Waals surface area (Å²) in [6.45, 7) is 6.79. The Labute approximate surface area is 166 Å². The van der Waals surface area contributed by atoms with Gasteiger partial charge in [0.05, 0.1) is 19.8 Å². The maximum Gasteiger partial charge on any atom is 0.238 e. The molecule has 2 aromatic carbocycles. The van der Waals surface area contributed by atoms with Gasteiger partial charge in [-0.25, -0.2) is 0 Å². The number of nitrogens with one attached hydrogen (secondary N) is 1. The number of amides is 1. The highest BCUT2D eigenvalue weighted by Crippen LogP contribution is 2.37. The van der Waals surface area contributed by atoms with Crippen molar-refractivity contribution in [1.29, 1.82) is 0 Å². The Morgan fingerprint density at radius 3 is 2.57 bits per heavy atom. The minimum Gasteiger partial charge on any atom is -0.490 e. The quantitative estimate of drug-likeness (QED) is 0.862. The number of benzene rings is 2. The molecule has 2 aromatic rings. The van der Waals surface area contributed by atoms with Gasteiger partial charge in [0.1, 0.15) is 0 Å². The molecule has 1 fully saturated rings. The predicted molar refractivity (Wildman–Crippen MR) is 110 cm³/mol. The highest BCUT2D eigenvalue weighted by Gasteiger charge is 2.28. The first-order valence-corrected chi connectivity index (χ1v) is 10.1. The first-order chi connectivity index (χ1) is 13.6. The van der Waals surface area contributed by atoms with E-state index < -0.39 is 0 Å². The van der Waals surface area contributed by atoms with Crippen molar-refractivity contribution in [1.82, 2.24) is 4.90 Å². The van der Waals surface area contributed by atoms with Crippen molar-refractivity contribution in [3.05, 3.63) is 53.1 Å². The summed E-state index contributed by atoms with van der Waals surface area (Å²) in [4.78, 5) is 14.9. The number of aryl methyl sites for hydroxylation is 2. The predicted octanol–water partition coefficient (Wildman–Crippen LogP) is 4.24. The number of carbonyl (C=O) groups is 1. The van der Waals surface area contributed by atoms with Gasteiger partial charge < -0.3 is 14.8 Å². The minimum absolute atomic E-state index is 0.0336. The van der Waals surface area contributed by atoms with Crippen LogP contribution in [0.3, 0.4) is 0 Å². The van der Waals surface area contributed by atoms with Crippen LogP contribution in [0.4, 0.5) is 5.69 Å². The maximum atomic E-state index is 12.6. The van der Waals surface area contributed by atoms with E-state index in [0.29, 0.717) is 19.8 Å². The fourth-order valence-electron chi connectivity index (χ4n) is 4.21. The Morgan fingerprint density at radius 1 is 1.04 bits per heavy atom. The summed E-state index contributed by atoms with van der Waals surface area (Å²) >= 11 is 0. The second-order valence-electron chi connectivity index (χ2n) is 7.81. The maximum absolute atomic E-state index is 12.6. The zero-order valence-corrected chi connectivity index (χ0v) is 16.7. The Kier molecular flexibility index (Phi) is 5.53. The normalized spacial score (nSPS) is 19.3. The fourth-order valence-corrected chi connectivity index (χ4v) is 4.21. The van der Waals surface area contributed by atoms with Gasteiger partial charge in [-0.15, -0.1) is 0 Å². The average molecular weight is 380 g/mol. The molecule has 1 saturated heterocycles. The summed E-state index contributed by atoms with van der Waals surface area (Å²) < 4.78 is 11.6. The number of nitrogens with zero attached hydrogens (tertiary/aromatic N) is 1. The molecule has 0 bridgehead atoms. The van der Waals surface area contributed by atoms with Crippen molar-refractivity contribution < 1.29 is 14.3 Å². The summed E-state index contributed by atoms with van der Waals surface area (Å²) in [7, 11) is 0. The van der Waals surface area contributed by atoms with Crippen molar-refractivity contribution in [2.24, 2.45) is 0 Å². The van der Waals surface area contributed by atoms with E-state index in [-0.39, 0.29) is 11.9 Å². The van der Waals surface area contributed by atoms with E-state index in [1.807, 2.05) is 32.0 Å². The molecule has 0 aromatic heterocycles. The van der Waals surface area contributed by atoms with Crippen molar-refractivity contribution in [2.45, 2.75) is 39.2 Å². The molecule has 0 spiro atoms. The molecule has 1 amide bonds. The zero-order chi connectivity index (χ0) is 19.5. The number of ether oxygens (including phenoxy) is 2. The highest BCUT2D eigenvalue weighted by atomic mass is 16.5. The third-order valence-electron chi connectivity index (χ3n) is 5.37. The van der Waals surface area contributed by atoms with E-state index in [0.717, 1.165) is 54.1 Å². The lowest BCUT2D eigenvalue weighted by molar-refractivity contribution is -0.117. The molecular formula is C23H28N2O3.